The number of allylic oxidation sites excluding steroid dienone is 1. The van der Waals surface area contributed by atoms with E-state index in [4.69, 9.17) is 4.74 Å². The lowest BCUT2D eigenvalue weighted by molar-refractivity contribution is -0.124. The van der Waals surface area contributed by atoms with Crippen LogP contribution in [0.15, 0.2) is 12.2 Å². The summed E-state index contributed by atoms with van der Waals surface area (Å²) in [5.41, 5.74) is -0.771. The Morgan fingerprint density at radius 1 is 1.27 bits per heavy atom. The second kappa shape index (κ2) is 2.94. The van der Waals surface area contributed by atoms with Crippen molar-refractivity contribution in [3.63, 3.8) is 0 Å². The van der Waals surface area contributed by atoms with Crippen molar-refractivity contribution in [2.45, 2.75) is 58.2 Å². The predicted octanol–water partition coefficient (Wildman–Crippen LogP) is 2.87. The Bertz CT molecular complexity index is 329. The summed E-state index contributed by atoms with van der Waals surface area (Å²) in [6, 6.07) is 0. The zero-order chi connectivity index (χ0) is 11.3. The molecule has 0 amide bonds. The lowest BCUT2D eigenvalue weighted by Crippen LogP contribution is -2.47. The molecule has 15 heavy (non-hydrogen) atoms. The van der Waals surface area contributed by atoms with Crippen molar-refractivity contribution in [1.29, 1.82) is 0 Å². The third-order valence-electron chi connectivity index (χ3n) is 4.16. The second-order valence-corrected chi connectivity index (χ2v) is 5.62. The highest BCUT2D eigenvalue weighted by molar-refractivity contribution is 6.01. The van der Waals surface area contributed by atoms with Gasteiger partial charge in [-0.2, -0.15) is 0 Å². The van der Waals surface area contributed by atoms with Gasteiger partial charge in [0.25, 0.3) is 0 Å². The molecule has 0 aromatic rings. The summed E-state index contributed by atoms with van der Waals surface area (Å²) in [5, 5.41) is 0. The molecule has 0 N–H and O–H groups in total. The molecule has 2 rings (SSSR count). The van der Waals surface area contributed by atoms with Gasteiger partial charge in [-0.3, -0.25) is 4.79 Å². The number of carbonyl (C=O) groups is 1. The van der Waals surface area contributed by atoms with Crippen molar-refractivity contribution < 1.29 is 9.53 Å². The van der Waals surface area contributed by atoms with Crippen LogP contribution in [-0.2, 0) is 9.53 Å². The molecule has 1 heterocycles. The van der Waals surface area contributed by atoms with Crippen LogP contribution in [0, 0.1) is 5.41 Å². The lowest BCUT2D eigenvalue weighted by Gasteiger charge is -2.36. The minimum absolute atomic E-state index is 0.0312. The highest BCUT2D eigenvalue weighted by Crippen LogP contribution is 2.65. The van der Waals surface area contributed by atoms with Crippen LogP contribution in [0.1, 0.15) is 47.0 Å². The summed E-state index contributed by atoms with van der Waals surface area (Å²) in [6.45, 7) is 8.26. The minimum atomic E-state index is -0.537. The van der Waals surface area contributed by atoms with E-state index in [1.54, 1.807) is 6.08 Å². The van der Waals surface area contributed by atoms with E-state index in [-0.39, 0.29) is 16.8 Å². The van der Waals surface area contributed by atoms with E-state index in [0.29, 0.717) is 0 Å². The molecule has 2 aliphatic rings. The maximum Gasteiger partial charge on any atom is 0.190 e. The molecule has 0 unspecified atom stereocenters. The SMILES string of the molecule is CC=CC(=O)[C@]12O[C@]1(C)CCCC2(C)C. The van der Waals surface area contributed by atoms with Crippen LogP contribution in [0.2, 0.25) is 0 Å². The van der Waals surface area contributed by atoms with Crippen LogP contribution < -0.4 is 0 Å². The molecule has 0 spiro atoms. The van der Waals surface area contributed by atoms with Crippen LogP contribution >= 0.6 is 0 Å². The zero-order valence-corrected chi connectivity index (χ0v) is 10.1. The minimum Gasteiger partial charge on any atom is -0.354 e. The summed E-state index contributed by atoms with van der Waals surface area (Å²) < 4.78 is 5.88. The molecule has 1 saturated carbocycles. The normalized spacial score (nSPS) is 42.7. The number of hydrogen-bond acceptors (Lipinski definition) is 2. The molecule has 0 aromatic heterocycles. The second-order valence-electron chi connectivity index (χ2n) is 5.62. The molecule has 0 aromatic carbocycles. The number of ketones is 1. The van der Waals surface area contributed by atoms with E-state index in [1.165, 1.54) is 0 Å². The number of fused-ring (bicyclic) bond motifs is 1. The number of rotatable bonds is 2. The molecular formula is C13H20O2. The topological polar surface area (TPSA) is 29.6 Å². The molecule has 2 fully saturated rings. The third kappa shape index (κ3) is 1.17. The first-order valence-electron chi connectivity index (χ1n) is 5.77. The Balaban J connectivity index is 2.37. The van der Waals surface area contributed by atoms with E-state index < -0.39 is 5.60 Å². The first kappa shape index (κ1) is 10.9. The van der Waals surface area contributed by atoms with E-state index in [9.17, 15) is 4.79 Å². The van der Waals surface area contributed by atoms with Gasteiger partial charge in [-0.05, 0) is 39.2 Å². The molecule has 2 nitrogen and oxygen atoms in total. The summed E-state index contributed by atoms with van der Waals surface area (Å²) in [7, 11) is 0. The van der Waals surface area contributed by atoms with Crippen molar-refractivity contribution in [3.8, 4) is 0 Å². The van der Waals surface area contributed by atoms with Gasteiger partial charge < -0.3 is 4.74 Å². The van der Waals surface area contributed by atoms with Gasteiger partial charge in [0.1, 0.15) is 5.60 Å². The van der Waals surface area contributed by atoms with E-state index >= 15 is 0 Å². The van der Waals surface area contributed by atoms with E-state index in [1.807, 2.05) is 13.0 Å². The molecule has 2 heteroatoms. The number of hydrogen-bond donors (Lipinski definition) is 0. The van der Waals surface area contributed by atoms with E-state index in [0.717, 1.165) is 19.3 Å². The standard InChI is InChI=1S/C13H20O2/c1-5-7-10(14)13-11(2,3)8-6-9-12(13,4)15-13/h5,7H,6,8-9H2,1-4H3/t12-,13-/m1/s1. The Hall–Kier alpha value is -0.630. The summed E-state index contributed by atoms with van der Waals surface area (Å²) in [4.78, 5) is 12.2. The van der Waals surface area contributed by atoms with Crippen LogP contribution in [-0.4, -0.2) is 17.0 Å². The summed E-state index contributed by atoms with van der Waals surface area (Å²) in [6.07, 6.45) is 6.72. The van der Waals surface area contributed by atoms with Gasteiger partial charge in [-0.15, -0.1) is 0 Å². The van der Waals surface area contributed by atoms with Gasteiger partial charge in [0, 0.05) is 5.41 Å². The number of epoxide rings is 1. The van der Waals surface area contributed by atoms with Gasteiger partial charge in [0.2, 0.25) is 0 Å². The molecule has 1 aliphatic carbocycles. The quantitative estimate of drug-likeness (QED) is 0.516. The highest BCUT2D eigenvalue weighted by atomic mass is 16.6. The van der Waals surface area contributed by atoms with Crippen molar-refractivity contribution >= 4 is 5.78 Å². The average Bonchev–Trinajstić information content (AvgIpc) is 2.75. The number of carbonyl (C=O) groups excluding carboxylic acids is 1. The van der Waals surface area contributed by atoms with Crippen LogP contribution in [0.4, 0.5) is 0 Å². The smallest absolute Gasteiger partial charge is 0.190 e. The monoisotopic (exact) mass is 208 g/mol. The zero-order valence-electron chi connectivity index (χ0n) is 10.1. The van der Waals surface area contributed by atoms with Gasteiger partial charge in [-0.25, -0.2) is 0 Å². The van der Waals surface area contributed by atoms with Gasteiger partial charge in [-0.1, -0.05) is 19.9 Å². The largest absolute Gasteiger partial charge is 0.354 e. The van der Waals surface area contributed by atoms with Crippen molar-refractivity contribution in [2.75, 3.05) is 0 Å². The number of ether oxygens (including phenoxy) is 1. The Labute approximate surface area is 91.7 Å². The van der Waals surface area contributed by atoms with Gasteiger partial charge >= 0.3 is 0 Å². The fraction of sp³-hybridized carbons (Fsp3) is 0.769. The maximum atomic E-state index is 12.2. The van der Waals surface area contributed by atoms with Crippen LogP contribution in [0.25, 0.3) is 0 Å². The molecule has 1 saturated heterocycles. The van der Waals surface area contributed by atoms with Crippen molar-refractivity contribution in [2.24, 2.45) is 5.41 Å². The molecule has 0 bridgehead atoms. The van der Waals surface area contributed by atoms with Crippen molar-refractivity contribution in [1.82, 2.24) is 0 Å². The third-order valence-corrected chi connectivity index (χ3v) is 4.16. The lowest BCUT2D eigenvalue weighted by atomic mass is 9.62. The Morgan fingerprint density at radius 2 is 1.93 bits per heavy atom. The fourth-order valence-corrected chi connectivity index (χ4v) is 3.35. The van der Waals surface area contributed by atoms with Crippen molar-refractivity contribution in [3.05, 3.63) is 12.2 Å². The average molecular weight is 208 g/mol. The summed E-state index contributed by atoms with van der Waals surface area (Å²) >= 11 is 0. The predicted molar refractivity (Wildman–Crippen MR) is 59.7 cm³/mol. The van der Waals surface area contributed by atoms with Gasteiger partial charge in [0.15, 0.2) is 11.4 Å². The van der Waals surface area contributed by atoms with E-state index in [2.05, 4.69) is 20.8 Å². The molecule has 2 atom stereocenters. The highest BCUT2D eigenvalue weighted by Gasteiger charge is 2.77. The Kier molecular flexibility index (Phi) is 2.13. The summed E-state index contributed by atoms with van der Waals surface area (Å²) in [5.74, 6) is 0.150. The van der Waals surface area contributed by atoms with Gasteiger partial charge in [0.05, 0.1) is 0 Å². The first-order valence-corrected chi connectivity index (χ1v) is 5.77. The molecule has 0 radical (unpaired) electrons. The maximum absolute atomic E-state index is 12.2. The first-order chi connectivity index (χ1) is 6.90. The molecule has 1 aliphatic heterocycles. The molecule has 84 valence electrons. The van der Waals surface area contributed by atoms with Crippen LogP contribution in [0.5, 0.6) is 0 Å². The molecular weight excluding hydrogens is 188 g/mol. The Morgan fingerprint density at radius 3 is 2.47 bits per heavy atom. The fourth-order valence-electron chi connectivity index (χ4n) is 3.35. The van der Waals surface area contributed by atoms with Crippen LogP contribution in [0.3, 0.4) is 0 Å².